The number of carbonyl (C=O) groups is 2. The average molecular weight is 198 g/mol. The van der Waals surface area contributed by atoms with Crippen molar-refractivity contribution in [1.29, 1.82) is 0 Å². The fourth-order valence-corrected chi connectivity index (χ4v) is 1.64. The SMILES string of the molecule is NCC1(CN2C(=O)COCC2=O)CC1. The normalized spacial score (nSPS) is 25.4. The van der Waals surface area contributed by atoms with Crippen LogP contribution in [0.25, 0.3) is 0 Å². The number of hydrogen-bond acceptors (Lipinski definition) is 4. The minimum Gasteiger partial charge on any atom is -0.362 e. The van der Waals surface area contributed by atoms with E-state index in [9.17, 15) is 9.59 Å². The molecule has 14 heavy (non-hydrogen) atoms. The van der Waals surface area contributed by atoms with Crippen molar-refractivity contribution < 1.29 is 14.3 Å². The van der Waals surface area contributed by atoms with Gasteiger partial charge in [0.1, 0.15) is 13.2 Å². The van der Waals surface area contributed by atoms with Crippen LogP contribution in [-0.2, 0) is 14.3 Å². The van der Waals surface area contributed by atoms with Gasteiger partial charge in [-0.15, -0.1) is 0 Å². The van der Waals surface area contributed by atoms with Crippen LogP contribution in [0.3, 0.4) is 0 Å². The van der Waals surface area contributed by atoms with Gasteiger partial charge in [0, 0.05) is 12.0 Å². The van der Waals surface area contributed by atoms with Crippen LogP contribution in [0, 0.1) is 5.41 Å². The zero-order valence-corrected chi connectivity index (χ0v) is 7.99. The van der Waals surface area contributed by atoms with E-state index in [1.807, 2.05) is 0 Å². The first kappa shape index (κ1) is 9.61. The van der Waals surface area contributed by atoms with Gasteiger partial charge in [0.25, 0.3) is 11.8 Å². The molecule has 1 heterocycles. The van der Waals surface area contributed by atoms with Crippen molar-refractivity contribution in [1.82, 2.24) is 4.90 Å². The van der Waals surface area contributed by atoms with Crippen molar-refractivity contribution in [2.75, 3.05) is 26.3 Å². The van der Waals surface area contributed by atoms with E-state index < -0.39 is 0 Å². The van der Waals surface area contributed by atoms with Crippen LogP contribution in [0.15, 0.2) is 0 Å². The topological polar surface area (TPSA) is 72.6 Å². The highest BCUT2D eigenvalue weighted by molar-refractivity contribution is 5.98. The van der Waals surface area contributed by atoms with Crippen LogP contribution in [0.1, 0.15) is 12.8 Å². The van der Waals surface area contributed by atoms with E-state index >= 15 is 0 Å². The summed E-state index contributed by atoms with van der Waals surface area (Å²) in [5, 5.41) is 0. The Bertz CT molecular complexity index is 257. The molecule has 0 bridgehead atoms. The van der Waals surface area contributed by atoms with Gasteiger partial charge in [-0.1, -0.05) is 0 Å². The van der Waals surface area contributed by atoms with E-state index in [0.29, 0.717) is 13.1 Å². The van der Waals surface area contributed by atoms with Crippen molar-refractivity contribution in [3.8, 4) is 0 Å². The summed E-state index contributed by atoms with van der Waals surface area (Å²) < 4.78 is 4.82. The summed E-state index contributed by atoms with van der Waals surface area (Å²) in [4.78, 5) is 24.0. The lowest BCUT2D eigenvalue weighted by atomic mass is 10.1. The molecule has 1 saturated carbocycles. The minimum absolute atomic E-state index is 0.0165. The second-order valence-corrected chi connectivity index (χ2v) is 4.07. The molecule has 78 valence electrons. The monoisotopic (exact) mass is 198 g/mol. The highest BCUT2D eigenvalue weighted by Gasteiger charge is 2.45. The van der Waals surface area contributed by atoms with Gasteiger partial charge in [0.05, 0.1) is 0 Å². The maximum Gasteiger partial charge on any atom is 0.255 e. The third-order valence-electron chi connectivity index (χ3n) is 2.94. The first-order chi connectivity index (χ1) is 6.67. The van der Waals surface area contributed by atoms with E-state index in [2.05, 4.69) is 0 Å². The van der Waals surface area contributed by atoms with Gasteiger partial charge in [-0.3, -0.25) is 14.5 Å². The number of amides is 2. The van der Waals surface area contributed by atoms with Gasteiger partial charge >= 0.3 is 0 Å². The van der Waals surface area contributed by atoms with Crippen molar-refractivity contribution in [3.63, 3.8) is 0 Å². The highest BCUT2D eigenvalue weighted by Crippen LogP contribution is 2.45. The van der Waals surface area contributed by atoms with Crippen LogP contribution in [0.4, 0.5) is 0 Å². The lowest BCUT2D eigenvalue weighted by Crippen LogP contribution is -2.49. The molecule has 1 aliphatic carbocycles. The molecule has 2 amide bonds. The molecule has 0 aromatic heterocycles. The molecule has 0 aromatic rings. The van der Waals surface area contributed by atoms with Gasteiger partial charge in [-0.2, -0.15) is 0 Å². The molecule has 2 N–H and O–H groups in total. The Morgan fingerprint density at radius 2 is 1.86 bits per heavy atom. The van der Waals surface area contributed by atoms with Gasteiger partial charge in [-0.25, -0.2) is 0 Å². The molecule has 0 unspecified atom stereocenters. The molecule has 2 aliphatic rings. The van der Waals surface area contributed by atoms with Crippen molar-refractivity contribution in [2.24, 2.45) is 11.1 Å². The maximum atomic E-state index is 11.4. The first-order valence-electron chi connectivity index (χ1n) is 4.78. The second-order valence-electron chi connectivity index (χ2n) is 4.07. The molecule has 0 aromatic carbocycles. The zero-order valence-electron chi connectivity index (χ0n) is 7.99. The predicted octanol–water partition coefficient (Wildman–Crippen LogP) is -0.889. The molecule has 2 fully saturated rings. The van der Waals surface area contributed by atoms with Gasteiger partial charge in [0.2, 0.25) is 0 Å². The molecule has 5 heteroatoms. The molecule has 0 atom stereocenters. The standard InChI is InChI=1S/C9H14N2O3/c10-5-9(1-2-9)6-11-7(12)3-14-4-8(11)13/h1-6,10H2. The number of carbonyl (C=O) groups excluding carboxylic acids is 2. The molecular formula is C9H14N2O3. The lowest BCUT2D eigenvalue weighted by Gasteiger charge is -2.28. The summed E-state index contributed by atoms with van der Waals surface area (Å²) in [6.07, 6.45) is 2.03. The van der Waals surface area contributed by atoms with Crippen molar-refractivity contribution in [2.45, 2.75) is 12.8 Å². The Morgan fingerprint density at radius 3 is 2.29 bits per heavy atom. The number of nitrogens with zero attached hydrogens (tertiary/aromatic N) is 1. The summed E-state index contributed by atoms with van der Waals surface area (Å²) in [6.45, 7) is 1.06. The lowest BCUT2D eigenvalue weighted by molar-refractivity contribution is -0.159. The largest absolute Gasteiger partial charge is 0.362 e. The third kappa shape index (κ3) is 1.65. The Balaban J connectivity index is 2.01. The summed E-state index contributed by atoms with van der Waals surface area (Å²) in [5.41, 5.74) is 5.61. The van der Waals surface area contributed by atoms with Crippen LogP contribution in [0.5, 0.6) is 0 Å². The number of morpholine rings is 1. The Morgan fingerprint density at radius 1 is 1.29 bits per heavy atom. The Kier molecular flexibility index (Phi) is 2.28. The molecule has 2 rings (SSSR count). The number of imide groups is 1. The molecule has 1 aliphatic heterocycles. The molecule has 1 saturated heterocycles. The van der Waals surface area contributed by atoms with E-state index in [4.69, 9.17) is 10.5 Å². The average Bonchev–Trinajstić information content (AvgIpc) is 2.93. The smallest absolute Gasteiger partial charge is 0.255 e. The fraction of sp³-hybridized carbons (Fsp3) is 0.778. The zero-order chi connectivity index (χ0) is 10.2. The number of nitrogens with two attached hydrogens (primary N) is 1. The summed E-state index contributed by atoms with van der Waals surface area (Å²) in [6, 6.07) is 0. The molecular weight excluding hydrogens is 184 g/mol. The molecule has 0 radical (unpaired) electrons. The van der Waals surface area contributed by atoms with Crippen LogP contribution >= 0.6 is 0 Å². The number of rotatable bonds is 3. The molecule has 5 nitrogen and oxygen atoms in total. The first-order valence-corrected chi connectivity index (χ1v) is 4.78. The van der Waals surface area contributed by atoms with Crippen LogP contribution in [0.2, 0.25) is 0 Å². The summed E-state index contributed by atoms with van der Waals surface area (Å²) in [5.74, 6) is -0.470. The number of hydrogen-bond donors (Lipinski definition) is 1. The van der Waals surface area contributed by atoms with Gasteiger partial charge < -0.3 is 10.5 Å². The summed E-state index contributed by atoms with van der Waals surface area (Å²) >= 11 is 0. The van der Waals surface area contributed by atoms with Gasteiger partial charge in [-0.05, 0) is 19.4 Å². The number of ether oxygens (including phenoxy) is 1. The van der Waals surface area contributed by atoms with Crippen LogP contribution < -0.4 is 5.73 Å². The highest BCUT2D eigenvalue weighted by atomic mass is 16.5. The van der Waals surface area contributed by atoms with Crippen LogP contribution in [-0.4, -0.2) is 43.0 Å². The van der Waals surface area contributed by atoms with E-state index in [0.717, 1.165) is 12.8 Å². The third-order valence-corrected chi connectivity index (χ3v) is 2.94. The Labute approximate surface area is 82.2 Å². The minimum atomic E-state index is -0.235. The van der Waals surface area contributed by atoms with E-state index in [-0.39, 0.29) is 30.4 Å². The van der Waals surface area contributed by atoms with Crippen molar-refractivity contribution >= 4 is 11.8 Å². The molecule has 0 spiro atoms. The Hall–Kier alpha value is -0.940. The quantitative estimate of drug-likeness (QED) is 0.597. The maximum absolute atomic E-state index is 11.4. The fourth-order valence-electron chi connectivity index (χ4n) is 1.64. The van der Waals surface area contributed by atoms with E-state index in [1.54, 1.807) is 0 Å². The van der Waals surface area contributed by atoms with E-state index in [1.165, 1.54) is 4.90 Å². The summed E-state index contributed by atoms with van der Waals surface area (Å²) in [7, 11) is 0. The van der Waals surface area contributed by atoms with Gasteiger partial charge in [0.15, 0.2) is 0 Å². The predicted molar refractivity (Wildman–Crippen MR) is 48.3 cm³/mol. The second kappa shape index (κ2) is 3.33. The van der Waals surface area contributed by atoms with Crippen molar-refractivity contribution in [3.05, 3.63) is 0 Å².